The summed E-state index contributed by atoms with van der Waals surface area (Å²) in [4.78, 5) is 23.9. The van der Waals surface area contributed by atoms with Gasteiger partial charge in [0.2, 0.25) is 5.91 Å². The number of benzene rings is 2. The first-order valence-electron chi connectivity index (χ1n) is 9.12. The Kier molecular flexibility index (Phi) is 7.82. The number of ether oxygens (including phenoxy) is 1. The van der Waals surface area contributed by atoms with Crippen LogP contribution in [0.5, 0.6) is 5.75 Å². The van der Waals surface area contributed by atoms with Crippen LogP contribution in [0.3, 0.4) is 0 Å². The van der Waals surface area contributed by atoms with E-state index in [0.29, 0.717) is 24.3 Å². The van der Waals surface area contributed by atoms with Gasteiger partial charge in [-0.3, -0.25) is 9.59 Å². The molecular formula is C21H27N3O3. The van der Waals surface area contributed by atoms with Crippen LogP contribution in [0.2, 0.25) is 0 Å². The van der Waals surface area contributed by atoms with Crippen LogP contribution in [0.1, 0.15) is 36.7 Å². The molecule has 6 nitrogen and oxygen atoms in total. The van der Waals surface area contributed by atoms with Crippen molar-refractivity contribution in [3.05, 3.63) is 59.7 Å². The first-order chi connectivity index (χ1) is 13.0. The highest BCUT2D eigenvalue weighted by atomic mass is 16.5. The van der Waals surface area contributed by atoms with Crippen LogP contribution in [0.4, 0.5) is 5.69 Å². The van der Waals surface area contributed by atoms with E-state index in [4.69, 9.17) is 4.74 Å². The third-order valence-corrected chi connectivity index (χ3v) is 3.66. The summed E-state index contributed by atoms with van der Waals surface area (Å²) in [5.41, 5.74) is 2.18. The van der Waals surface area contributed by atoms with Crippen molar-refractivity contribution in [3.63, 3.8) is 0 Å². The number of carbonyl (C=O) groups excluding carboxylic acids is 2. The smallest absolute Gasteiger partial charge is 0.251 e. The second-order valence-corrected chi connectivity index (χ2v) is 6.40. The average Bonchev–Trinajstić information content (AvgIpc) is 2.63. The zero-order valence-electron chi connectivity index (χ0n) is 16.0. The lowest BCUT2D eigenvalue weighted by molar-refractivity contribution is -0.115. The molecule has 0 saturated heterocycles. The minimum absolute atomic E-state index is 0.143. The number of anilines is 1. The lowest BCUT2D eigenvalue weighted by Crippen LogP contribution is -2.28. The molecule has 0 atom stereocenters. The number of nitrogens with one attached hydrogen (secondary N) is 3. The molecule has 6 heteroatoms. The van der Waals surface area contributed by atoms with Gasteiger partial charge in [-0.25, -0.2) is 0 Å². The van der Waals surface area contributed by atoms with Crippen LogP contribution in [-0.4, -0.2) is 31.0 Å². The molecule has 144 valence electrons. The highest BCUT2D eigenvalue weighted by Gasteiger charge is 2.07. The lowest BCUT2D eigenvalue weighted by Gasteiger charge is -2.11. The summed E-state index contributed by atoms with van der Waals surface area (Å²) >= 11 is 0. The van der Waals surface area contributed by atoms with Crippen LogP contribution in [0.15, 0.2) is 48.5 Å². The molecule has 2 aromatic carbocycles. The van der Waals surface area contributed by atoms with Crippen molar-refractivity contribution in [1.29, 1.82) is 0 Å². The molecule has 3 N–H and O–H groups in total. The molecule has 0 aromatic heterocycles. The summed E-state index contributed by atoms with van der Waals surface area (Å²) in [5, 5.41) is 8.64. The molecule has 0 aliphatic rings. The van der Waals surface area contributed by atoms with Crippen LogP contribution in [0, 0.1) is 0 Å². The summed E-state index contributed by atoms with van der Waals surface area (Å²) < 4.78 is 5.61. The minimum Gasteiger partial charge on any atom is -0.491 e. The number of hydrogen-bond acceptors (Lipinski definition) is 4. The van der Waals surface area contributed by atoms with Gasteiger partial charge in [0.1, 0.15) is 5.75 Å². The Morgan fingerprint density at radius 1 is 1.07 bits per heavy atom. The molecule has 0 fully saturated rings. The van der Waals surface area contributed by atoms with Gasteiger partial charge in [0, 0.05) is 24.3 Å². The predicted molar refractivity (Wildman–Crippen MR) is 107 cm³/mol. The second-order valence-electron chi connectivity index (χ2n) is 6.40. The molecular weight excluding hydrogens is 342 g/mol. The highest BCUT2D eigenvalue weighted by molar-refractivity contribution is 5.97. The van der Waals surface area contributed by atoms with E-state index in [0.717, 1.165) is 11.3 Å². The monoisotopic (exact) mass is 369 g/mol. The molecule has 0 saturated carbocycles. The van der Waals surface area contributed by atoms with E-state index in [1.54, 1.807) is 24.3 Å². The van der Waals surface area contributed by atoms with Crippen LogP contribution in [-0.2, 0) is 11.3 Å². The fourth-order valence-corrected chi connectivity index (χ4v) is 2.48. The summed E-state index contributed by atoms with van der Waals surface area (Å²) in [7, 11) is 0. The van der Waals surface area contributed by atoms with E-state index >= 15 is 0 Å². The standard InChI is InChI=1S/C21H27N3O3/c1-4-23-21(26)17-6-5-7-18(12-17)24-20(25)14-22-13-16-8-10-19(11-9-16)27-15(2)3/h5-12,15,22H,4,13-14H2,1-3H3,(H,23,26)(H,24,25). The first kappa shape index (κ1) is 20.5. The second kappa shape index (κ2) is 10.3. The third kappa shape index (κ3) is 7.11. The summed E-state index contributed by atoms with van der Waals surface area (Å²) in [5.74, 6) is 0.512. The Bertz CT molecular complexity index is 758. The van der Waals surface area contributed by atoms with Gasteiger partial charge in [0.15, 0.2) is 0 Å². The van der Waals surface area contributed by atoms with Crippen LogP contribution in [0.25, 0.3) is 0 Å². The van der Waals surface area contributed by atoms with E-state index < -0.39 is 0 Å². The maximum atomic E-state index is 12.1. The summed E-state index contributed by atoms with van der Waals surface area (Å²) in [6.45, 7) is 7.15. The molecule has 0 radical (unpaired) electrons. The highest BCUT2D eigenvalue weighted by Crippen LogP contribution is 2.14. The molecule has 2 aromatic rings. The van der Waals surface area contributed by atoms with E-state index in [-0.39, 0.29) is 24.5 Å². The van der Waals surface area contributed by atoms with Crippen molar-refractivity contribution < 1.29 is 14.3 Å². The van der Waals surface area contributed by atoms with Gasteiger partial charge >= 0.3 is 0 Å². The predicted octanol–water partition coefficient (Wildman–Crippen LogP) is 2.95. The maximum Gasteiger partial charge on any atom is 0.251 e. The van der Waals surface area contributed by atoms with E-state index in [9.17, 15) is 9.59 Å². The Labute approximate surface area is 160 Å². The Hall–Kier alpha value is -2.86. The summed E-state index contributed by atoms with van der Waals surface area (Å²) in [6, 6.07) is 14.7. The normalized spacial score (nSPS) is 10.5. The average molecular weight is 369 g/mol. The Balaban J connectivity index is 1.79. The number of carbonyl (C=O) groups is 2. The Morgan fingerprint density at radius 3 is 2.48 bits per heavy atom. The van der Waals surface area contributed by atoms with Gasteiger partial charge in [-0.2, -0.15) is 0 Å². The Morgan fingerprint density at radius 2 is 1.81 bits per heavy atom. The van der Waals surface area contributed by atoms with Crippen molar-refractivity contribution in [1.82, 2.24) is 10.6 Å². The topological polar surface area (TPSA) is 79.5 Å². The van der Waals surface area contributed by atoms with Crippen molar-refractivity contribution in [2.75, 3.05) is 18.4 Å². The van der Waals surface area contributed by atoms with Gasteiger partial charge in [-0.1, -0.05) is 18.2 Å². The first-order valence-corrected chi connectivity index (χ1v) is 9.12. The zero-order chi connectivity index (χ0) is 19.6. The molecule has 2 rings (SSSR count). The SMILES string of the molecule is CCNC(=O)c1cccc(NC(=O)CNCc2ccc(OC(C)C)cc2)c1. The molecule has 0 aliphatic carbocycles. The van der Waals surface area contributed by atoms with Gasteiger partial charge in [-0.15, -0.1) is 0 Å². The van der Waals surface area contributed by atoms with Crippen molar-refractivity contribution in [2.45, 2.75) is 33.4 Å². The van der Waals surface area contributed by atoms with Gasteiger partial charge in [-0.05, 0) is 56.7 Å². The fraction of sp³-hybridized carbons (Fsp3) is 0.333. The minimum atomic E-state index is -0.164. The molecule has 0 spiro atoms. The molecule has 0 unspecified atom stereocenters. The summed E-state index contributed by atoms with van der Waals surface area (Å²) in [6.07, 6.45) is 0.143. The van der Waals surface area contributed by atoms with E-state index in [1.165, 1.54) is 0 Å². The molecule has 0 heterocycles. The van der Waals surface area contributed by atoms with Crippen LogP contribution >= 0.6 is 0 Å². The zero-order valence-corrected chi connectivity index (χ0v) is 16.0. The number of rotatable bonds is 9. The van der Waals surface area contributed by atoms with E-state index in [1.807, 2.05) is 45.0 Å². The van der Waals surface area contributed by atoms with Crippen molar-refractivity contribution in [2.24, 2.45) is 0 Å². The van der Waals surface area contributed by atoms with Gasteiger partial charge in [0.05, 0.1) is 12.6 Å². The lowest BCUT2D eigenvalue weighted by atomic mass is 10.2. The maximum absolute atomic E-state index is 12.1. The fourth-order valence-electron chi connectivity index (χ4n) is 2.48. The van der Waals surface area contributed by atoms with Crippen LogP contribution < -0.4 is 20.7 Å². The van der Waals surface area contributed by atoms with E-state index in [2.05, 4.69) is 16.0 Å². The third-order valence-electron chi connectivity index (χ3n) is 3.66. The number of hydrogen-bond donors (Lipinski definition) is 3. The molecule has 0 bridgehead atoms. The van der Waals surface area contributed by atoms with Crippen molar-refractivity contribution >= 4 is 17.5 Å². The molecule has 2 amide bonds. The van der Waals surface area contributed by atoms with Crippen molar-refractivity contribution in [3.8, 4) is 5.75 Å². The van der Waals surface area contributed by atoms with Gasteiger partial charge in [0.25, 0.3) is 5.91 Å². The quantitative estimate of drug-likeness (QED) is 0.635. The largest absolute Gasteiger partial charge is 0.491 e. The van der Waals surface area contributed by atoms with Gasteiger partial charge < -0.3 is 20.7 Å². The molecule has 0 aliphatic heterocycles. The molecule has 27 heavy (non-hydrogen) atoms. The number of amides is 2.